The van der Waals surface area contributed by atoms with Gasteiger partial charge >= 0.3 is 0 Å². The molecule has 0 saturated carbocycles. The molecule has 1 aliphatic carbocycles. The molecule has 1 aromatic rings. The Morgan fingerprint density at radius 2 is 1.93 bits per heavy atom. The van der Waals surface area contributed by atoms with E-state index in [0.29, 0.717) is 41.5 Å². The van der Waals surface area contributed by atoms with Gasteiger partial charge in [-0.25, -0.2) is 12.7 Å². The van der Waals surface area contributed by atoms with Gasteiger partial charge in [0.25, 0.3) is 0 Å². The zero-order chi connectivity index (χ0) is 20.1. The number of hydrogen-bond acceptors (Lipinski definition) is 3. The molecule has 3 rings (SSSR count). The number of nitrogens with zero attached hydrogens (tertiary/aromatic N) is 1. The molecule has 1 aromatic carbocycles. The first-order chi connectivity index (χ1) is 13.4. The van der Waals surface area contributed by atoms with Crippen molar-refractivity contribution >= 4 is 39.1 Å². The monoisotopic (exact) mass is 444 g/mol. The average Bonchev–Trinajstić information content (AvgIpc) is 2.70. The highest BCUT2D eigenvalue weighted by molar-refractivity contribution is 7.88. The van der Waals surface area contributed by atoms with Crippen molar-refractivity contribution in [3.8, 4) is 0 Å². The van der Waals surface area contributed by atoms with Gasteiger partial charge in [0.15, 0.2) is 0 Å². The number of rotatable bonds is 6. The predicted molar refractivity (Wildman–Crippen MR) is 113 cm³/mol. The van der Waals surface area contributed by atoms with Gasteiger partial charge in [0.1, 0.15) is 0 Å². The topological polar surface area (TPSA) is 66.5 Å². The van der Waals surface area contributed by atoms with E-state index in [1.807, 2.05) is 0 Å². The lowest BCUT2D eigenvalue weighted by Crippen LogP contribution is -2.46. The Kier molecular flexibility index (Phi) is 7.42. The second-order valence-electron chi connectivity index (χ2n) is 7.48. The molecule has 1 N–H and O–H groups in total. The van der Waals surface area contributed by atoms with Gasteiger partial charge in [0.05, 0.1) is 11.7 Å². The van der Waals surface area contributed by atoms with E-state index in [0.717, 1.165) is 12.8 Å². The van der Waals surface area contributed by atoms with Gasteiger partial charge in [-0.1, -0.05) is 40.9 Å². The fraction of sp³-hybridized carbons (Fsp3) is 0.550. The lowest BCUT2D eigenvalue weighted by Gasteiger charge is -2.31. The van der Waals surface area contributed by atoms with Crippen molar-refractivity contribution in [3.63, 3.8) is 0 Å². The molecule has 1 fully saturated rings. The second kappa shape index (κ2) is 9.61. The number of benzene rings is 1. The summed E-state index contributed by atoms with van der Waals surface area (Å²) in [6.07, 6.45) is 8.05. The number of allylic oxidation sites excluding steroid dienone is 1. The van der Waals surface area contributed by atoms with Gasteiger partial charge in [0, 0.05) is 35.2 Å². The molecule has 0 spiro atoms. The SMILES string of the molecule is O=C(NCC1=CCCCC1)[C@H]1CCCN(S(=O)(=O)Cc2c(Cl)cccc2Cl)C1. The predicted octanol–water partition coefficient (Wildman–Crippen LogP) is 4.15. The van der Waals surface area contributed by atoms with Gasteiger partial charge in [-0.05, 0) is 50.7 Å². The van der Waals surface area contributed by atoms with Gasteiger partial charge in [-0.15, -0.1) is 0 Å². The molecule has 8 heteroatoms. The van der Waals surface area contributed by atoms with Gasteiger partial charge < -0.3 is 5.32 Å². The number of hydrogen-bond donors (Lipinski definition) is 1. The van der Waals surface area contributed by atoms with E-state index in [-0.39, 0.29) is 24.1 Å². The quantitative estimate of drug-likeness (QED) is 0.669. The molecule has 1 aliphatic heterocycles. The van der Waals surface area contributed by atoms with Crippen LogP contribution in [0.5, 0.6) is 0 Å². The first-order valence-corrected chi connectivity index (χ1v) is 12.1. The van der Waals surface area contributed by atoms with Gasteiger partial charge in [-0.3, -0.25) is 4.79 Å². The van der Waals surface area contributed by atoms with Crippen molar-refractivity contribution in [1.82, 2.24) is 9.62 Å². The molecule has 1 heterocycles. The number of piperidine rings is 1. The van der Waals surface area contributed by atoms with Crippen molar-refractivity contribution < 1.29 is 13.2 Å². The summed E-state index contributed by atoms with van der Waals surface area (Å²) < 4.78 is 27.2. The Bertz CT molecular complexity index is 835. The van der Waals surface area contributed by atoms with Crippen LogP contribution in [0.15, 0.2) is 29.8 Å². The van der Waals surface area contributed by atoms with Crippen LogP contribution in [-0.4, -0.2) is 38.3 Å². The van der Waals surface area contributed by atoms with Crippen LogP contribution in [0, 0.1) is 5.92 Å². The standard InChI is InChI=1S/C20H26Cl2N2O3S/c21-18-9-4-10-19(22)17(18)14-28(26,27)24-11-5-8-16(13-24)20(25)23-12-15-6-2-1-3-7-15/h4,6,9-10,16H,1-3,5,7-8,11-14H2,(H,23,25)/t16-/m0/s1. The number of amides is 1. The summed E-state index contributed by atoms with van der Waals surface area (Å²) in [4.78, 5) is 12.6. The molecule has 5 nitrogen and oxygen atoms in total. The van der Waals surface area contributed by atoms with Crippen molar-refractivity contribution in [2.75, 3.05) is 19.6 Å². The van der Waals surface area contributed by atoms with Crippen LogP contribution in [0.2, 0.25) is 10.0 Å². The Morgan fingerprint density at radius 3 is 2.61 bits per heavy atom. The van der Waals surface area contributed by atoms with E-state index in [4.69, 9.17) is 23.2 Å². The summed E-state index contributed by atoms with van der Waals surface area (Å²) in [7, 11) is -3.61. The van der Waals surface area contributed by atoms with Gasteiger partial charge in [0.2, 0.25) is 15.9 Å². The maximum absolute atomic E-state index is 12.9. The Morgan fingerprint density at radius 1 is 1.18 bits per heavy atom. The van der Waals surface area contributed by atoms with Crippen LogP contribution < -0.4 is 5.32 Å². The molecule has 1 saturated heterocycles. The fourth-order valence-electron chi connectivity index (χ4n) is 3.76. The third kappa shape index (κ3) is 5.50. The molecule has 154 valence electrons. The van der Waals surface area contributed by atoms with E-state index in [1.54, 1.807) is 18.2 Å². The third-order valence-corrected chi connectivity index (χ3v) is 7.89. The average molecular weight is 445 g/mol. The Hall–Kier alpha value is -1.08. The fourth-order valence-corrected chi connectivity index (χ4v) is 6.13. The van der Waals surface area contributed by atoms with Crippen LogP contribution in [0.4, 0.5) is 0 Å². The Balaban J connectivity index is 1.61. The zero-order valence-corrected chi connectivity index (χ0v) is 18.1. The summed E-state index contributed by atoms with van der Waals surface area (Å²) in [5.41, 5.74) is 1.68. The van der Waals surface area contributed by atoms with Crippen molar-refractivity contribution in [3.05, 3.63) is 45.5 Å². The van der Waals surface area contributed by atoms with Crippen molar-refractivity contribution in [2.24, 2.45) is 5.92 Å². The maximum Gasteiger partial charge on any atom is 0.224 e. The van der Waals surface area contributed by atoms with Crippen LogP contribution >= 0.6 is 23.2 Å². The summed E-state index contributed by atoms with van der Waals surface area (Å²) in [6.45, 7) is 1.19. The highest BCUT2D eigenvalue weighted by Crippen LogP contribution is 2.29. The van der Waals surface area contributed by atoms with E-state index in [9.17, 15) is 13.2 Å². The number of carbonyl (C=O) groups is 1. The highest BCUT2D eigenvalue weighted by atomic mass is 35.5. The van der Waals surface area contributed by atoms with E-state index >= 15 is 0 Å². The molecule has 1 atom stereocenters. The number of nitrogens with one attached hydrogen (secondary N) is 1. The van der Waals surface area contributed by atoms with Crippen LogP contribution in [0.25, 0.3) is 0 Å². The van der Waals surface area contributed by atoms with Crippen LogP contribution in [-0.2, 0) is 20.6 Å². The molecule has 0 unspecified atom stereocenters. The van der Waals surface area contributed by atoms with E-state index < -0.39 is 10.0 Å². The van der Waals surface area contributed by atoms with Crippen LogP contribution in [0.3, 0.4) is 0 Å². The Labute approximate surface area is 177 Å². The summed E-state index contributed by atoms with van der Waals surface area (Å²) in [6, 6.07) is 4.94. The lowest BCUT2D eigenvalue weighted by molar-refractivity contribution is -0.125. The minimum atomic E-state index is -3.61. The smallest absolute Gasteiger partial charge is 0.224 e. The molecule has 1 amide bonds. The lowest BCUT2D eigenvalue weighted by atomic mass is 9.97. The summed E-state index contributed by atoms with van der Waals surface area (Å²) in [5.74, 6) is -0.649. The molecule has 2 aliphatic rings. The summed E-state index contributed by atoms with van der Waals surface area (Å²) in [5, 5.41) is 3.66. The highest BCUT2D eigenvalue weighted by Gasteiger charge is 2.33. The third-order valence-electron chi connectivity index (χ3n) is 5.41. The molecular formula is C20H26Cl2N2O3S. The molecule has 0 radical (unpaired) electrons. The number of halogens is 2. The minimum absolute atomic E-state index is 0.0675. The van der Waals surface area contributed by atoms with Crippen molar-refractivity contribution in [1.29, 1.82) is 0 Å². The first kappa shape index (κ1) is 21.6. The van der Waals surface area contributed by atoms with E-state index in [1.165, 1.54) is 22.7 Å². The minimum Gasteiger partial charge on any atom is -0.352 e. The first-order valence-electron chi connectivity index (χ1n) is 9.73. The maximum atomic E-state index is 12.9. The number of sulfonamides is 1. The molecule has 0 aromatic heterocycles. The van der Waals surface area contributed by atoms with Crippen molar-refractivity contribution in [2.45, 2.75) is 44.3 Å². The molecular weight excluding hydrogens is 419 g/mol. The molecule has 28 heavy (non-hydrogen) atoms. The molecule has 0 bridgehead atoms. The summed E-state index contributed by atoms with van der Waals surface area (Å²) >= 11 is 12.3. The largest absolute Gasteiger partial charge is 0.352 e. The van der Waals surface area contributed by atoms with Crippen LogP contribution in [0.1, 0.15) is 44.1 Å². The second-order valence-corrected chi connectivity index (χ2v) is 10.3. The van der Waals surface area contributed by atoms with E-state index in [2.05, 4.69) is 11.4 Å². The zero-order valence-electron chi connectivity index (χ0n) is 15.8. The van der Waals surface area contributed by atoms with Gasteiger partial charge in [-0.2, -0.15) is 0 Å². The number of carbonyl (C=O) groups excluding carboxylic acids is 1. The normalized spacial score (nSPS) is 21.2.